The number of fused-ring (bicyclic) bond motifs is 1. The number of hydrogen-bond donors (Lipinski definition) is 1. The molecule has 7 nitrogen and oxygen atoms in total. The first-order valence-electron chi connectivity index (χ1n) is 10.6. The van der Waals surface area contributed by atoms with Crippen molar-refractivity contribution in [2.75, 3.05) is 12.3 Å². The number of carbonyl (C=O) groups is 1. The SMILES string of the molecule is Nc1nc2c(c(=O)n1C(CCC(F)(F)F)c1ccccc1)CCN(C(=O)OC(C(F)(F)F)C(F)(F)F)C2. The molecule has 1 unspecified atom stereocenters. The summed E-state index contributed by atoms with van der Waals surface area (Å²) in [6, 6.07) is 6.50. The molecule has 0 spiro atoms. The number of nitrogen functional groups attached to an aromatic ring is 1. The van der Waals surface area contributed by atoms with E-state index in [0.29, 0.717) is 10.5 Å². The number of alkyl halides is 9. The van der Waals surface area contributed by atoms with Crippen LogP contribution in [0.4, 0.5) is 50.3 Å². The number of nitrogens with two attached hydrogens (primary N) is 1. The Morgan fingerprint density at radius 3 is 2.16 bits per heavy atom. The lowest BCUT2D eigenvalue weighted by atomic mass is 10.00. The maximum absolute atomic E-state index is 13.2. The highest BCUT2D eigenvalue weighted by molar-refractivity contribution is 5.68. The van der Waals surface area contributed by atoms with Crippen molar-refractivity contribution >= 4 is 12.0 Å². The number of carbonyl (C=O) groups excluding carboxylic acids is 1. The number of rotatable bonds is 5. The highest BCUT2D eigenvalue weighted by Crippen LogP contribution is 2.36. The minimum atomic E-state index is -5.92. The molecule has 3 rings (SSSR count). The Balaban J connectivity index is 1.92. The standard InChI is InChI=1S/C21H19F9N4O3/c22-19(23,24)8-6-14(11-4-2-1-3-5-11)34-15(35)12-7-9-33(10-13(12)32-17(34)31)18(36)37-16(20(25,26)27)21(28,29)30/h1-5,14,16H,6-10H2,(H2,31,32). The van der Waals surface area contributed by atoms with Gasteiger partial charge in [0.2, 0.25) is 5.95 Å². The first-order chi connectivity index (χ1) is 17.0. The molecule has 1 aliphatic heterocycles. The first-order valence-corrected chi connectivity index (χ1v) is 10.6. The van der Waals surface area contributed by atoms with Gasteiger partial charge >= 0.3 is 24.6 Å². The summed E-state index contributed by atoms with van der Waals surface area (Å²) in [5, 5.41) is 0. The predicted octanol–water partition coefficient (Wildman–Crippen LogP) is 4.75. The summed E-state index contributed by atoms with van der Waals surface area (Å²) in [6.07, 6.45) is -24.9. The van der Waals surface area contributed by atoms with E-state index < -0.39 is 74.2 Å². The van der Waals surface area contributed by atoms with Gasteiger partial charge in [-0.15, -0.1) is 0 Å². The molecule has 0 radical (unpaired) electrons. The number of amides is 1. The normalized spacial score (nSPS) is 15.5. The van der Waals surface area contributed by atoms with E-state index in [-0.39, 0.29) is 17.7 Å². The van der Waals surface area contributed by atoms with Crippen LogP contribution in [0.2, 0.25) is 0 Å². The second kappa shape index (κ2) is 10.1. The molecule has 1 aromatic carbocycles. The molecule has 0 saturated carbocycles. The summed E-state index contributed by atoms with van der Waals surface area (Å²) in [7, 11) is 0. The zero-order valence-corrected chi connectivity index (χ0v) is 18.6. The Labute approximate surface area is 202 Å². The van der Waals surface area contributed by atoms with E-state index in [1.165, 1.54) is 12.1 Å². The summed E-state index contributed by atoms with van der Waals surface area (Å²) in [4.78, 5) is 29.7. The molecule has 1 atom stereocenters. The fourth-order valence-corrected chi connectivity index (χ4v) is 3.89. The van der Waals surface area contributed by atoms with Gasteiger partial charge in [-0.3, -0.25) is 9.36 Å². The Bertz CT molecular complexity index is 1160. The first kappa shape index (κ1) is 28.1. The van der Waals surface area contributed by atoms with Gasteiger partial charge in [-0.2, -0.15) is 39.5 Å². The third-order valence-corrected chi connectivity index (χ3v) is 5.56. The number of halogens is 9. The van der Waals surface area contributed by atoms with Gasteiger partial charge in [0.15, 0.2) is 0 Å². The van der Waals surface area contributed by atoms with Gasteiger partial charge in [0.1, 0.15) is 0 Å². The molecule has 0 saturated heterocycles. The molecular formula is C21H19F9N4O3. The van der Waals surface area contributed by atoms with Crippen molar-refractivity contribution < 1.29 is 49.0 Å². The minimum Gasteiger partial charge on any atom is -0.426 e. The monoisotopic (exact) mass is 546 g/mol. The van der Waals surface area contributed by atoms with Crippen molar-refractivity contribution in [3.63, 3.8) is 0 Å². The summed E-state index contributed by atoms with van der Waals surface area (Å²) in [6.45, 7) is -1.21. The molecule has 2 aromatic rings. The summed E-state index contributed by atoms with van der Waals surface area (Å²) >= 11 is 0. The van der Waals surface area contributed by atoms with Gasteiger partial charge in [-0.25, -0.2) is 9.78 Å². The minimum absolute atomic E-state index is 0.0885. The number of hydrogen-bond acceptors (Lipinski definition) is 5. The van der Waals surface area contributed by atoms with Gasteiger partial charge in [-0.1, -0.05) is 30.3 Å². The average molecular weight is 546 g/mol. The van der Waals surface area contributed by atoms with Gasteiger partial charge < -0.3 is 15.4 Å². The fourth-order valence-electron chi connectivity index (χ4n) is 3.89. The molecule has 0 bridgehead atoms. The maximum Gasteiger partial charge on any atom is 0.434 e. The van der Waals surface area contributed by atoms with E-state index in [9.17, 15) is 49.1 Å². The van der Waals surface area contributed by atoms with Crippen molar-refractivity contribution in [2.45, 2.75) is 56.5 Å². The number of ether oxygens (including phenoxy) is 1. The van der Waals surface area contributed by atoms with E-state index in [1.54, 1.807) is 18.2 Å². The third kappa shape index (κ3) is 6.65. The Morgan fingerprint density at radius 2 is 1.62 bits per heavy atom. The van der Waals surface area contributed by atoms with E-state index >= 15 is 0 Å². The lowest BCUT2D eigenvalue weighted by Gasteiger charge is -2.31. The zero-order chi connectivity index (χ0) is 27.8. The van der Waals surface area contributed by atoms with Crippen LogP contribution in [-0.4, -0.2) is 51.7 Å². The lowest BCUT2D eigenvalue weighted by Crippen LogP contribution is -2.49. The van der Waals surface area contributed by atoms with Gasteiger partial charge in [0.05, 0.1) is 18.3 Å². The van der Waals surface area contributed by atoms with Crippen molar-refractivity contribution in [1.29, 1.82) is 0 Å². The van der Waals surface area contributed by atoms with Crippen molar-refractivity contribution in [1.82, 2.24) is 14.5 Å². The molecule has 0 fully saturated rings. The second-order valence-corrected chi connectivity index (χ2v) is 8.17. The van der Waals surface area contributed by atoms with Crippen LogP contribution in [0.3, 0.4) is 0 Å². The quantitative estimate of drug-likeness (QED) is 0.547. The number of nitrogens with zero attached hydrogens (tertiary/aromatic N) is 3. The van der Waals surface area contributed by atoms with Crippen LogP contribution in [0, 0.1) is 0 Å². The van der Waals surface area contributed by atoms with Crippen LogP contribution in [-0.2, 0) is 17.7 Å². The second-order valence-electron chi connectivity index (χ2n) is 8.17. The van der Waals surface area contributed by atoms with E-state index in [1.807, 2.05) is 0 Å². The highest BCUT2D eigenvalue weighted by atomic mass is 19.4. The molecule has 204 valence electrons. The van der Waals surface area contributed by atoms with Crippen LogP contribution in [0.25, 0.3) is 0 Å². The molecule has 0 aliphatic carbocycles. The van der Waals surface area contributed by atoms with Crippen LogP contribution >= 0.6 is 0 Å². The van der Waals surface area contributed by atoms with Crippen LogP contribution in [0.15, 0.2) is 35.1 Å². The summed E-state index contributed by atoms with van der Waals surface area (Å²) < 4.78 is 120. The summed E-state index contributed by atoms with van der Waals surface area (Å²) in [5.74, 6) is -0.543. The molecule has 16 heteroatoms. The fraction of sp³-hybridized carbons (Fsp3) is 0.476. The molecule has 1 amide bonds. The molecule has 1 aromatic heterocycles. The molecule has 37 heavy (non-hydrogen) atoms. The molecule has 1 aliphatic rings. The van der Waals surface area contributed by atoms with Crippen LogP contribution in [0.1, 0.15) is 35.7 Å². The van der Waals surface area contributed by atoms with E-state index in [2.05, 4.69) is 9.72 Å². The Kier molecular flexibility index (Phi) is 7.69. The van der Waals surface area contributed by atoms with Crippen molar-refractivity contribution in [3.05, 3.63) is 57.5 Å². The highest BCUT2D eigenvalue weighted by Gasteiger charge is 2.60. The van der Waals surface area contributed by atoms with Gasteiger partial charge in [-0.05, 0) is 18.4 Å². The zero-order valence-electron chi connectivity index (χ0n) is 18.6. The topological polar surface area (TPSA) is 90.5 Å². The van der Waals surface area contributed by atoms with Gasteiger partial charge in [0, 0.05) is 18.5 Å². The number of aromatic nitrogens is 2. The van der Waals surface area contributed by atoms with Crippen LogP contribution in [0.5, 0.6) is 0 Å². The maximum atomic E-state index is 13.2. The molecule has 2 heterocycles. The van der Waals surface area contributed by atoms with Gasteiger partial charge in [0.25, 0.3) is 11.7 Å². The third-order valence-electron chi connectivity index (χ3n) is 5.56. The van der Waals surface area contributed by atoms with Crippen LogP contribution < -0.4 is 11.3 Å². The van der Waals surface area contributed by atoms with E-state index in [4.69, 9.17) is 5.73 Å². The van der Waals surface area contributed by atoms with Crippen molar-refractivity contribution in [2.24, 2.45) is 0 Å². The summed E-state index contributed by atoms with van der Waals surface area (Å²) in [5.41, 5.74) is 5.06. The van der Waals surface area contributed by atoms with Crippen molar-refractivity contribution in [3.8, 4) is 0 Å². The van der Waals surface area contributed by atoms with E-state index in [0.717, 1.165) is 4.57 Å². The largest absolute Gasteiger partial charge is 0.434 e. The number of benzene rings is 1. The Morgan fingerprint density at radius 1 is 1.03 bits per heavy atom. The number of anilines is 1. The molecular weight excluding hydrogens is 527 g/mol. The smallest absolute Gasteiger partial charge is 0.426 e. The lowest BCUT2D eigenvalue weighted by molar-refractivity contribution is -0.308. The predicted molar refractivity (Wildman–Crippen MR) is 109 cm³/mol. The Hall–Kier alpha value is -3.46. The average Bonchev–Trinajstić information content (AvgIpc) is 2.77. The molecule has 2 N–H and O–H groups in total.